The third-order valence-corrected chi connectivity index (χ3v) is 3.73. The molecule has 1 unspecified atom stereocenters. The highest BCUT2D eigenvalue weighted by Crippen LogP contribution is 2.27. The van der Waals surface area contributed by atoms with Crippen LogP contribution in [-0.2, 0) is 0 Å². The number of pyridine rings is 1. The standard InChI is InChI=1S/C13H18N4S/c1-2-4-10(11-5-3-8-18-11)16-12-7-6-9(14)13(15)17-12/h3,5-8,10H,2,4,14H2,1H3,(H3,15,16,17). The second kappa shape index (κ2) is 5.73. The molecule has 0 aliphatic carbocycles. The quantitative estimate of drug-likeness (QED) is 0.773. The molecule has 2 heterocycles. The summed E-state index contributed by atoms with van der Waals surface area (Å²) in [6, 6.07) is 8.13. The van der Waals surface area contributed by atoms with E-state index in [1.807, 2.05) is 6.07 Å². The summed E-state index contributed by atoms with van der Waals surface area (Å²) in [5.74, 6) is 1.15. The van der Waals surface area contributed by atoms with E-state index in [1.165, 1.54) is 4.88 Å². The molecule has 4 nitrogen and oxygen atoms in total. The molecule has 0 amide bonds. The van der Waals surface area contributed by atoms with Gasteiger partial charge in [0.15, 0.2) is 0 Å². The van der Waals surface area contributed by atoms with Crippen LogP contribution in [0, 0.1) is 0 Å². The van der Waals surface area contributed by atoms with Gasteiger partial charge in [-0.15, -0.1) is 11.3 Å². The first-order chi connectivity index (χ1) is 8.70. The van der Waals surface area contributed by atoms with Crippen LogP contribution in [0.3, 0.4) is 0 Å². The van der Waals surface area contributed by atoms with Gasteiger partial charge < -0.3 is 16.8 Å². The van der Waals surface area contributed by atoms with Crippen molar-refractivity contribution in [3.05, 3.63) is 34.5 Å². The highest BCUT2D eigenvalue weighted by atomic mass is 32.1. The lowest BCUT2D eigenvalue weighted by Gasteiger charge is -2.17. The van der Waals surface area contributed by atoms with Gasteiger partial charge >= 0.3 is 0 Å². The van der Waals surface area contributed by atoms with E-state index in [2.05, 4.69) is 34.7 Å². The van der Waals surface area contributed by atoms with Crippen molar-refractivity contribution in [1.29, 1.82) is 0 Å². The Morgan fingerprint density at radius 2 is 2.17 bits per heavy atom. The van der Waals surface area contributed by atoms with Gasteiger partial charge in [-0.05, 0) is 30.0 Å². The summed E-state index contributed by atoms with van der Waals surface area (Å²) in [5.41, 5.74) is 11.9. The zero-order valence-electron chi connectivity index (χ0n) is 10.4. The van der Waals surface area contributed by atoms with Crippen LogP contribution in [0.2, 0.25) is 0 Å². The first-order valence-corrected chi connectivity index (χ1v) is 6.90. The summed E-state index contributed by atoms with van der Waals surface area (Å²) in [5, 5.41) is 5.50. The molecule has 96 valence electrons. The number of anilines is 3. The highest BCUT2D eigenvalue weighted by Gasteiger charge is 2.12. The van der Waals surface area contributed by atoms with Gasteiger partial charge in [0.25, 0.3) is 0 Å². The number of aromatic nitrogens is 1. The summed E-state index contributed by atoms with van der Waals surface area (Å²) in [6.45, 7) is 2.17. The Labute approximate surface area is 111 Å². The van der Waals surface area contributed by atoms with Crippen LogP contribution in [0.5, 0.6) is 0 Å². The van der Waals surface area contributed by atoms with Crippen molar-refractivity contribution in [2.75, 3.05) is 16.8 Å². The molecule has 2 aromatic rings. The van der Waals surface area contributed by atoms with E-state index in [1.54, 1.807) is 17.4 Å². The Morgan fingerprint density at radius 1 is 1.33 bits per heavy atom. The van der Waals surface area contributed by atoms with E-state index in [0.29, 0.717) is 11.5 Å². The van der Waals surface area contributed by atoms with Crippen molar-refractivity contribution < 1.29 is 0 Å². The molecule has 0 saturated heterocycles. The number of thiophene rings is 1. The number of rotatable bonds is 5. The molecular formula is C13H18N4S. The molecule has 0 spiro atoms. The molecule has 0 aromatic carbocycles. The predicted molar refractivity (Wildman–Crippen MR) is 78.7 cm³/mol. The maximum absolute atomic E-state index is 5.72. The van der Waals surface area contributed by atoms with Crippen LogP contribution < -0.4 is 16.8 Å². The SMILES string of the molecule is CCCC(Nc1ccc(N)c(N)n1)c1cccs1. The van der Waals surface area contributed by atoms with E-state index in [0.717, 1.165) is 18.7 Å². The fraction of sp³-hybridized carbons (Fsp3) is 0.308. The molecule has 2 rings (SSSR count). The lowest BCUT2D eigenvalue weighted by atomic mass is 10.1. The van der Waals surface area contributed by atoms with Crippen molar-refractivity contribution in [3.63, 3.8) is 0 Å². The predicted octanol–water partition coefficient (Wildman–Crippen LogP) is 3.26. The number of hydrogen-bond donors (Lipinski definition) is 3. The second-order valence-electron chi connectivity index (χ2n) is 4.17. The van der Waals surface area contributed by atoms with E-state index in [-0.39, 0.29) is 6.04 Å². The minimum Gasteiger partial charge on any atom is -0.396 e. The summed E-state index contributed by atoms with van der Waals surface area (Å²) in [6.07, 6.45) is 2.17. The molecule has 0 aliphatic heterocycles. The minimum atomic E-state index is 0.283. The van der Waals surface area contributed by atoms with Gasteiger partial charge in [-0.25, -0.2) is 4.98 Å². The van der Waals surface area contributed by atoms with E-state index in [9.17, 15) is 0 Å². The summed E-state index contributed by atoms with van der Waals surface area (Å²) in [4.78, 5) is 5.56. The Hall–Kier alpha value is -1.75. The molecule has 0 saturated carbocycles. The summed E-state index contributed by atoms with van der Waals surface area (Å²) >= 11 is 1.75. The van der Waals surface area contributed by atoms with Crippen molar-refractivity contribution in [2.24, 2.45) is 0 Å². The van der Waals surface area contributed by atoms with Gasteiger partial charge in [0.05, 0.1) is 11.7 Å². The normalized spacial score (nSPS) is 12.3. The van der Waals surface area contributed by atoms with Gasteiger partial charge in [0.2, 0.25) is 0 Å². The van der Waals surface area contributed by atoms with Crippen LogP contribution in [-0.4, -0.2) is 4.98 Å². The number of nitrogens with two attached hydrogens (primary N) is 2. The molecule has 0 radical (unpaired) electrons. The van der Waals surface area contributed by atoms with Crippen LogP contribution >= 0.6 is 11.3 Å². The van der Waals surface area contributed by atoms with Crippen molar-refractivity contribution in [1.82, 2.24) is 4.98 Å². The van der Waals surface area contributed by atoms with E-state index >= 15 is 0 Å². The Morgan fingerprint density at radius 3 is 2.78 bits per heavy atom. The molecule has 5 N–H and O–H groups in total. The fourth-order valence-corrected chi connectivity index (χ4v) is 2.62. The number of nitrogen functional groups attached to an aromatic ring is 2. The van der Waals surface area contributed by atoms with Gasteiger partial charge in [-0.1, -0.05) is 19.4 Å². The molecule has 0 aliphatic rings. The smallest absolute Gasteiger partial charge is 0.149 e. The van der Waals surface area contributed by atoms with Crippen molar-refractivity contribution in [2.45, 2.75) is 25.8 Å². The minimum absolute atomic E-state index is 0.283. The van der Waals surface area contributed by atoms with E-state index < -0.39 is 0 Å². The maximum atomic E-state index is 5.72. The third-order valence-electron chi connectivity index (χ3n) is 2.74. The maximum Gasteiger partial charge on any atom is 0.149 e. The Balaban J connectivity index is 2.16. The molecule has 18 heavy (non-hydrogen) atoms. The molecule has 5 heteroatoms. The van der Waals surface area contributed by atoms with Crippen LogP contribution in [0.25, 0.3) is 0 Å². The van der Waals surface area contributed by atoms with Crippen molar-refractivity contribution in [3.8, 4) is 0 Å². The zero-order chi connectivity index (χ0) is 13.0. The first-order valence-electron chi connectivity index (χ1n) is 6.02. The highest BCUT2D eigenvalue weighted by molar-refractivity contribution is 7.10. The molecule has 0 bridgehead atoms. The molecular weight excluding hydrogens is 244 g/mol. The molecule has 2 aromatic heterocycles. The monoisotopic (exact) mass is 262 g/mol. The lowest BCUT2D eigenvalue weighted by molar-refractivity contribution is 0.685. The zero-order valence-corrected chi connectivity index (χ0v) is 11.2. The number of hydrogen-bond acceptors (Lipinski definition) is 5. The van der Waals surface area contributed by atoms with Crippen LogP contribution in [0.1, 0.15) is 30.7 Å². The van der Waals surface area contributed by atoms with Gasteiger partial charge in [0.1, 0.15) is 11.6 Å². The third kappa shape index (κ3) is 2.92. The van der Waals surface area contributed by atoms with Crippen LogP contribution in [0.4, 0.5) is 17.3 Å². The molecule has 0 fully saturated rings. The topological polar surface area (TPSA) is 77.0 Å². The number of nitrogens with one attached hydrogen (secondary N) is 1. The fourth-order valence-electron chi connectivity index (χ4n) is 1.81. The Bertz CT molecular complexity index is 496. The van der Waals surface area contributed by atoms with E-state index in [4.69, 9.17) is 11.5 Å². The second-order valence-corrected chi connectivity index (χ2v) is 5.15. The van der Waals surface area contributed by atoms with Crippen molar-refractivity contribution >= 4 is 28.7 Å². The first kappa shape index (κ1) is 12.7. The average Bonchev–Trinajstić information content (AvgIpc) is 2.87. The lowest BCUT2D eigenvalue weighted by Crippen LogP contribution is -2.11. The van der Waals surface area contributed by atoms with Gasteiger partial charge in [-0.2, -0.15) is 0 Å². The van der Waals surface area contributed by atoms with Gasteiger partial charge in [0, 0.05) is 4.88 Å². The summed E-state index contributed by atoms with van der Waals surface area (Å²) in [7, 11) is 0. The van der Waals surface area contributed by atoms with Crippen LogP contribution in [0.15, 0.2) is 29.6 Å². The molecule has 1 atom stereocenters. The number of nitrogens with zero attached hydrogens (tertiary/aromatic N) is 1. The average molecular weight is 262 g/mol. The largest absolute Gasteiger partial charge is 0.396 e. The Kier molecular flexibility index (Phi) is 4.04. The summed E-state index contributed by atoms with van der Waals surface area (Å²) < 4.78 is 0. The van der Waals surface area contributed by atoms with Gasteiger partial charge in [-0.3, -0.25) is 0 Å².